The number of hydrogen-bond acceptors (Lipinski definition) is 4. The third kappa shape index (κ3) is 3.24. The topological polar surface area (TPSA) is 66.8 Å². The SMILES string of the molecule is C=C1CC[C@H]2[C@H](CO)[C@@H]([C@@]3(C)CC[C@H](O)C[C@@H]3COC(C)=O)CC[C@]12C. The van der Waals surface area contributed by atoms with Gasteiger partial charge in [0.2, 0.25) is 0 Å². The smallest absolute Gasteiger partial charge is 0.302 e. The summed E-state index contributed by atoms with van der Waals surface area (Å²) in [5.74, 6) is 1.08. The summed E-state index contributed by atoms with van der Waals surface area (Å²) in [7, 11) is 0. The van der Waals surface area contributed by atoms with Gasteiger partial charge in [0.1, 0.15) is 0 Å². The van der Waals surface area contributed by atoms with E-state index < -0.39 is 0 Å². The van der Waals surface area contributed by atoms with Gasteiger partial charge in [-0.3, -0.25) is 4.79 Å². The average molecular weight is 365 g/mol. The lowest BCUT2D eigenvalue weighted by Gasteiger charge is -2.56. The first-order valence-corrected chi connectivity index (χ1v) is 10.3. The van der Waals surface area contributed by atoms with Crippen molar-refractivity contribution in [3.8, 4) is 0 Å². The van der Waals surface area contributed by atoms with Crippen LogP contribution in [0.4, 0.5) is 0 Å². The predicted molar refractivity (Wildman–Crippen MR) is 101 cm³/mol. The van der Waals surface area contributed by atoms with Crippen LogP contribution in [0.25, 0.3) is 0 Å². The molecule has 148 valence electrons. The first-order chi connectivity index (χ1) is 12.2. The summed E-state index contributed by atoms with van der Waals surface area (Å²) in [5, 5.41) is 20.6. The Labute approximate surface area is 158 Å². The van der Waals surface area contributed by atoms with Gasteiger partial charge in [-0.15, -0.1) is 0 Å². The number of carbonyl (C=O) groups excluding carboxylic acids is 1. The standard InChI is InChI=1S/C22H36O4/c1-14-5-6-19-18(12-23)20(8-10-21(14,19)3)22(4)9-7-17(25)11-16(22)13-26-15(2)24/h16-20,23,25H,1,5-13H2,2-4H3/t16-,17+,18+,19+,20+,21-,22+/m1/s1. The van der Waals surface area contributed by atoms with Gasteiger partial charge < -0.3 is 14.9 Å². The maximum atomic E-state index is 11.4. The lowest BCUT2D eigenvalue weighted by molar-refractivity contribution is -0.150. The second-order valence-corrected chi connectivity index (χ2v) is 9.59. The molecule has 7 atom stereocenters. The van der Waals surface area contributed by atoms with Crippen LogP contribution in [0.2, 0.25) is 0 Å². The van der Waals surface area contributed by atoms with Crippen LogP contribution in [0, 0.1) is 34.5 Å². The van der Waals surface area contributed by atoms with E-state index in [0.29, 0.717) is 24.9 Å². The Bertz CT molecular complexity index is 558. The summed E-state index contributed by atoms with van der Waals surface area (Å²) in [6, 6.07) is 0. The number of ether oxygens (including phenoxy) is 1. The Kier molecular flexibility index (Phi) is 5.56. The highest BCUT2D eigenvalue weighted by Crippen LogP contribution is 2.63. The van der Waals surface area contributed by atoms with Crippen molar-refractivity contribution < 1.29 is 19.7 Å². The minimum absolute atomic E-state index is 0.00662. The van der Waals surface area contributed by atoms with Crippen LogP contribution in [-0.2, 0) is 9.53 Å². The molecule has 4 heteroatoms. The number of aliphatic hydroxyl groups excluding tert-OH is 2. The molecule has 2 N–H and O–H groups in total. The second kappa shape index (κ2) is 7.27. The van der Waals surface area contributed by atoms with Crippen LogP contribution in [0.3, 0.4) is 0 Å². The van der Waals surface area contributed by atoms with Gasteiger partial charge in [0.25, 0.3) is 0 Å². The Morgan fingerprint density at radius 3 is 2.62 bits per heavy atom. The fourth-order valence-corrected chi connectivity index (χ4v) is 6.63. The molecule has 26 heavy (non-hydrogen) atoms. The number of hydrogen-bond donors (Lipinski definition) is 2. The third-order valence-electron chi connectivity index (χ3n) is 8.44. The van der Waals surface area contributed by atoms with Gasteiger partial charge >= 0.3 is 5.97 Å². The van der Waals surface area contributed by atoms with Crippen molar-refractivity contribution >= 4 is 5.97 Å². The Hall–Kier alpha value is -0.870. The van der Waals surface area contributed by atoms with E-state index in [4.69, 9.17) is 4.74 Å². The zero-order chi connectivity index (χ0) is 19.1. The van der Waals surface area contributed by atoms with E-state index in [0.717, 1.165) is 38.5 Å². The van der Waals surface area contributed by atoms with Gasteiger partial charge in [-0.05, 0) is 73.5 Å². The van der Waals surface area contributed by atoms with Crippen molar-refractivity contribution in [3.63, 3.8) is 0 Å². The summed E-state index contributed by atoms with van der Waals surface area (Å²) >= 11 is 0. The minimum atomic E-state index is -0.309. The molecule has 3 rings (SSSR count). The van der Waals surface area contributed by atoms with Crippen LogP contribution in [0.5, 0.6) is 0 Å². The number of aliphatic hydroxyl groups is 2. The molecule has 0 spiro atoms. The van der Waals surface area contributed by atoms with Crippen molar-refractivity contribution in [2.45, 2.75) is 71.8 Å². The van der Waals surface area contributed by atoms with E-state index in [1.54, 1.807) is 0 Å². The molecule has 0 unspecified atom stereocenters. The zero-order valence-corrected chi connectivity index (χ0v) is 16.7. The molecule has 0 aromatic carbocycles. The molecular weight excluding hydrogens is 328 g/mol. The Balaban J connectivity index is 1.86. The van der Waals surface area contributed by atoms with Crippen LogP contribution in [0.1, 0.15) is 65.7 Å². The van der Waals surface area contributed by atoms with Gasteiger partial charge in [0, 0.05) is 19.4 Å². The van der Waals surface area contributed by atoms with Crippen molar-refractivity contribution in [2.24, 2.45) is 34.5 Å². The van der Waals surface area contributed by atoms with Crippen molar-refractivity contribution in [3.05, 3.63) is 12.2 Å². The highest BCUT2D eigenvalue weighted by atomic mass is 16.5. The normalized spacial score (nSPS) is 46.0. The lowest BCUT2D eigenvalue weighted by Crippen LogP contribution is -2.52. The highest BCUT2D eigenvalue weighted by Gasteiger charge is 2.56. The van der Waals surface area contributed by atoms with Gasteiger partial charge in [0.15, 0.2) is 0 Å². The van der Waals surface area contributed by atoms with E-state index in [1.807, 2.05) is 0 Å². The summed E-state index contributed by atoms with van der Waals surface area (Å²) < 4.78 is 5.38. The first-order valence-electron chi connectivity index (χ1n) is 10.3. The fraction of sp³-hybridized carbons (Fsp3) is 0.864. The molecule has 0 amide bonds. The van der Waals surface area contributed by atoms with E-state index in [1.165, 1.54) is 12.5 Å². The Morgan fingerprint density at radius 2 is 1.96 bits per heavy atom. The molecule has 0 radical (unpaired) electrons. The number of allylic oxidation sites excluding steroid dienone is 1. The molecule has 0 aliphatic heterocycles. The van der Waals surface area contributed by atoms with Crippen LogP contribution in [0.15, 0.2) is 12.2 Å². The molecule has 0 aromatic rings. The monoisotopic (exact) mass is 364 g/mol. The molecule has 0 aromatic heterocycles. The Morgan fingerprint density at radius 1 is 1.23 bits per heavy atom. The number of esters is 1. The van der Waals surface area contributed by atoms with E-state index in [2.05, 4.69) is 20.4 Å². The van der Waals surface area contributed by atoms with Gasteiger partial charge in [-0.1, -0.05) is 26.0 Å². The third-order valence-corrected chi connectivity index (χ3v) is 8.44. The number of carbonyl (C=O) groups is 1. The minimum Gasteiger partial charge on any atom is -0.466 e. The molecule has 0 heterocycles. The molecule has 3 fully saturated rings. The van der Waals surface area contributed by atoms with Crippen LogP contribution in [-0.4, -0.2) is 35.5 Å². The fourth-order valence-electron chi connectivity index (χ4n) is 6.63. The van der Waals surface area contributed by atoms with E-state index in [9.17, 15) is 15.0 Å². The maximum Gasteiger partial charge on any atom is 0.302 e. The van der Waals surface area contributed by atoms with Gasteiger partial charge in [-0.2, -0.15) is 0 Å². The molecule has 0 saturated heterocycles. The molecular formula is C22H36O4. The molecule has 3 aliphatic rings. The van der Waals surface area contributed by atoms with Crippen molar-refractivity contribution in [2.75, 3.05) is 13.2 Å². The van der Waals surface area contributed by atoms with Crippen LogP contribution < -0.4 is 0 Å². The van der Waals surface area contributed by atoms with Gasteiger partial charge in [-0.25, -0.2) is 0 Å². The zero-order valence-electron chi connectivity index (χ0n) is 16.7. The maximum absolute atomic E-state index is 11.4. The summed E-state index contributed by atoms with van der Waals surface area (Å²) in [6.07, 6.45) is 6.54. The summed E-state index contributed by atoms with van der Waals surface area (Å²) in [5.41, 5.74) is 1.52. The average Bonchev–Trinajstić information content (AvgIpc) is 2.90. The van der Waals surface area contributed by atoms with Crippen molar-refractivity contribution in [1.82, 2.24) is 0 Å². The lowest BCUT2D eigenvalue weighted by atomic mass is 9.49. The quantitative estimate of drug-likeness (QED) is 0.589. The predicted octanol–water partition coefficient (Wildman–Crippen LogP) is 3.71. The number of rotatable bonds is 4. The first kappa shape index (κ1) is 19.9. The highest BCUT2D eigenvalue weighted by molar-refractivity contribution is 5.65. The van der Waals surface area contributed by atoms with Crippen molar-refractivity contribution in [1.29, 1.82) is 0 Å². The van der Waals surface area contributed by atoms with Gasteiger partial charge in [0.05, 0.1) is 12.7 Å². The van der Waals surface area contributed by atoms with E-state index >= 15 is 0 Å². The number of fused-ring (bicyclic) bond motifs is 1. The summed E-state index contributed by atoms with van der Waals surface area (Å²) in [6.45, 7) is 11.0. The second-order valence-electron chi connectivity index (χ2n) is 9.59. The molecule has 0 bridgehead atoms. The van der Waals surface area contributed by atoms with Crippen LogP contribution >= 0.6 is 0 Å². The molecule has 3 saturated carbocycles. The van der Waals surface area contributed by atoms with E-state index in [-0.39, 0.29) is 41.3 Å². The largest absolute Gasteiger partial charge is 0.466 e. The molecule has 4 nitrogen and oxygen atoms in total. The summed E-state index contributed by atoms with van der Waals surface area (Å²) in [4.78, 5) is 11.4. The molecule has 3 aliphatic carbocycles.